The van der Waals surface area contributed by atoms with Crippen LogP contribution in [-0.4, -0.2) is 19.0 Å². The zero-order valence-electron chi connectivity index (χ0n) is 9.47. The average Bonchev–Trinajstić information content (AvgIpc) is 2.22. The van der Waals surface area contributed by atoms with Crippen molar-refractivity contribution in [2.75, 3.05) is 18.4 Å². The Kier molecular flexibility index (Phi) is 3.92. The zero-order chi connectivity index (χ0) is 12.4. The largest absolute Gasteiger partial charge is 0.324 e. The molecule has 0 saturated carbocycles. The van der Waals surface area contributed by atoms with Crippen LogP contribution < -0.4 is 10.6 Å². The standard InChI is InChI=1S/C12H14Cl2N2O/c1-7(8-5-15-6-8)12(17)16-10-4-2-3-9(13)11(10)14/h2-4,7-8,15H,5-6H2,1H3,(H,16,17). The quantitative estimate of drug-likeness (QED) is 0.889. The summed E-state index contributed by atoms with van der Waals surface area (Å²) in [6.45, 7) is 3.73. The van der Waals surface area contributed by atoms with Gasteiger partial charge in [0.15, 0.2) is 0 Å². The van der Waals surface area contributed by atoms with E-state index in [1.165, 1.54) is 0 Å². The summed E-state index contributed by atoms with van der Waals surface area (Å²) in [6, 6.07) is 5.20. The van der Waals surface area contributed by atoms with E-state index >= 15 is 0 Å². The highest BCUT2D eigenvalue weighted by atomic mass is 35.5. The number of carbonyl (C=O) groups is 1. The number of hydrogen-bond acceptors (Lipinski definition) is 2. The van der Waals surface area contributed by atoms with E-state index in [2.05, 4.69) is 10.6 Å². The summed E-state index contributed by atoms with van der Waals surface area (Å²) in [4.78, 5) is 12.0. The maximum absolute atomic E-state index is 12.0. The van der Waals surface area contributed by atoms with Gasteiger partial charge in [0.25, 0.3) is 0 Å². The molecular formula is C12H14Cl2N2O. The summed E-state index contributed by atoms with van der Waals surface area (Å²) >= 11 is 11.9. The normalized spacial score (nSPS) is 17.4. The van der Waals surface area contributed by atoms with Crippen molar-refractivity contribution in [1.82, 2.24) is 5.32 Å². The number of nitrogens with one attached hydrogen (secondary N) is 2. The molecule has 1 aromatic rings. The van der Waals surface area contributed by atoms with Crippen molar-refractivity contribution in [3.8, 4) is 0 Å². The molecule has 0 aromatic heterocycles. The van der Waals surface area contributed by atoms with Gasteiger partial charge in [0.2, 0.25) is 5.91 Å². The number of carbonyl (C=O) groups excluding carboxylic acids is 1. The lowest BCUT2D eigenvalue weighted by Crippen LogP contribution is -2.48. The molecule has 92 valence electrons. The average molecular weight is 273 g/mol. The topological polar surface area (TPSA) is 41.1 Å². The number of anilines is 1. The van der Waals surface area contributed by atoms with Crippen LogP contribution in [0, 0.1) is 11.8 Å². The van der Waals surface area contributed by atoms with Crippen molar-refractivity contribution in [2.24, 2.45) is 11.8 Å². The van der Waals surface area contributed by atoms with Crippen LogP contribution in [0.4, 0.5) is 5.69 Å². The molecule has 1 amide bonds. The third-order valence-electron chi connectivity index (χ3n) is 3.14. The van der Waals surface area contributed by atoms with Crippen LogP contribution in [0.15, 0.2) is 18.2 Å². The van der Waals surface area contributed by atoms with E-state index in [1.807, 2.05) is 6.92 Å². The van der Waals surface area contributed by atoms with E-state index < -0.39 is 0 Å². The van der Waals surface area contributed by atoms with Crippen molar-refractivity contribution in [3.05, 3.63) is 28.2 Å². The predicted molar refractivity (Wildman–Crippen MR) is 70.6 cm³/mol. The van der Waals surface area contributed by atoms with Crippen molar-refractivity contribution >= 4 is 34.8 Å². The molecule has 0 bridgehead atoms. The van der Waals surface area contributed by atoms with Crippen LogP contribution in [0.5, 0.6) is 0 Å². The molecule has 1 aliphatic rings. The Hall–Kier alpha value is -0.770. The van der Waals surface area contributed by atoms with Crippen molar-refractivity contribution in [2.45, 2.75) is 6.92 Å². The van der Waals surface area contributed by atoms with Gasteiger partial charge in [-0.15, -0.1) is 0 Å². The first kappa shape index (κ1) is 12.7. The molecule has 2 rings (SSSR count). The Morgan fingerprint density at radius 1 is 1.47 bits per heavy atom. The van der Waals surface area contributed by atoms with Gasteiger partial charge < -0.3 is 10.6 Å². The van der Waals surface area contributed by atoms with Gasteiger partial charge in [0.1, 0.15) is 0 Å². The van der Waals surface area contributed by atoms with E-state index in [0.717, 1.165) is 13.1 Å². The summed E-state index contributed by atoms with van der Waals surface area (Å²) in [7, 11) is 0. The lowest BCUT2D eigenvalue weighted by Gasteiger charge is -2.31. The van der Waals surface area contributed by atoms with Crippen molar-refractivity contribution in [3.63, 3.8) is 0 Å². The van der Waals surface area contributed by atoms with Crippen LogP contribution in [0.1, 0.15) is 6.92 Å². The first-order valence-electron chi connectivity index (χ1n) is 5.55. The molecule has 0 aliphatic carbocycles. The number of halogens is 2. The molecule has 1 aromatic carbocycles. The first-order chi connectivity index (χ1) is 8.09. The third kappa shape index (κ3) is 2.73. The van der Waals surface area contributed by atoms with E-state index in [9.17, 15) is 4.79 Å². The van der Waals surface area contributed by atoms with Gasteiger partial charge in [-0.25, -0.2) is 0 Å². The second kappa shape index (κ2) is 5.25. The van der Waals surface area contributed by atoms with E-state index in [1.54, 1.807) is 18.2 Å². The van der Waals surface area contributed by atoms with Crippen LogP contribution in [0.25, 0.3) is 0 Å². The SMILES string of the molecule is CC(C(=O)Nc1cccc(Cl)c1Cl)C1CNC1. The van der Waals surface area contributed by atoms with Gasteiger partial charge in [0, 0.05) is 5.92 Å². The van der Waals surface area contributed by atoms with Crippen LogP contribution in [-0.2, 0) is 4.79 Å². The fourth-order valence-corrected chi connectivity index (χ4v) is 2.07. The summed E-state index contributed by atoms with van der Waals surface area (Å²) in [5.74, 6) is 0.375. The molecule has 1 saturated heterocycles. The molecule has 5 heteroatoms. The third-order valence-corrected chi connectivity index (χ3v) is 3.96. The van der Waals surface area contributed by atoms with Crippen LogP contribution in [0.2, 0.25) is 10.0 Å². The Balaban J connectivity index is 2.04. The minimum Gasteiger partial charge on any atom is -0.324 e. The molecule has 1 unspecified atom stereocenters. The monoisotopic (exact) mass is 272 g/mol. The predicted octanol–water partition coefficient (Wildman–Crippen LogP) is 2.79. The number of benzene rings is 1. The highest BCUT2D eigenvalue weighted by Gasteiger charge is 2.28. The highest BCUT2D eigenvalue weighted by molar-refractivity contribution is 6.43. The highest BCUT2D eigenvalue weighted by Crippen LogP contribution is 2.30. The zero-order valence-corrected chi connectivity index (χ0v) is 11.0. The van der Waals surface area contributed by atoms with Crippen molar-refractivity contribution in [1.29, 1.82) is 0 Å². The van der Waals surface area contributed by atoms with E-state index in [0.29, 0.717) is 21.7 Å². The van der Waals surface area contributed by atoms with Crippen LogP contribution in [0.3, 0.4) is 0 Å². The van der Waals surface area contributed by atoms with Gasteiger partial charge in [-0.2, -0.15) is 0 Å². The van der Waals surface area contributed by atoms with Gasteiger partial charge in [-0.05, 0) is 31.1 Å². The second-order valence-electron chi connectivity index (χ2n) is 4.30. The summed E-state index contributed by atoms with van der Waals surface area (Å²) < 4.78 is 0. The first-order valence-corrected chi connectivity index (χ1v) is 6.30. The second-order valence-corrected chi connectivity index (χ2v) is 5.08. The maximum Gasteiger partial charge on any atom is 0.227 e. The Labute approximate surface area is 110 Å². The molecule has 17 heavy (non-hydrogen) atoms. The Morgan fingerprint density at radius 3 is 2.76 bits per heavy atom. The number of rotatable bonds is 3. The molecule has 2 N–H and O–H groups in total. The summed E-state index contributed by atoms with van der Waals surface area (Å²) in [5, 5.41) is 6.81. The minimum absolute atomic E-state index is 0.0133. The van der Waals surface area contributed by atoms with Gasteiger partial charge >= 0.3 is 0 Å². The van der Waals surface area contributed by atoms with E-state index in [-0.39, 0.29) is 11.8 Å². The Bertz CT molecular complexity index is 433. The smallest absolute Gasteiger partial charge is 0.227 e. The Morgan fingerprint density at radius 2 is 2.18 bits per heavy atom. The molecule has 1 atom stereocenters. The fourth-order valence-electron chi connectivity index (χ4n) is 1.73. The molecule has 3 nitrogen and oxygen atoms in total. The summed E-state index contributed by atoms with van der Waals surface area (Å²) in [6.07, 6.45) is 0. The van der Waals surface area contributed by atoms with Gasteiger partial charge in [-0.3, -0.25) is 4.79 Å². The molecule has 1 fully saturated rings. The lowest BCUT2D eigenvalue weighted by atomic mass is 9.88. The number of amides is 1. The van der Waals surface area contributed by atoms with Gasteiger partial charge in [0.05, 0.1) is 15.7 Å². The molecule has 1 aliphatic heterocycles. The molecule has 1 heterocycles. The van der Waals surface area contributed by atoms with E-state index in [4.69, 9.17) is 23.2 Å². The molecular weight excluding hydrogens is 259 g/mol. The lowest BCUT2D eigenvalue weighted by molar-refractivity contribution is -0.121. The summed E-state index contributed by atoms with van der Waals surface area (Å²) in [5.41, 5.74) is 0.572. The maximum atomic E-state index is 12.0. The number of hydrogen-bond donors (Lipinski definition) is 2. The minimum atomic E-state index is -0.0219. The van der Waals surface area contributed by atoms with Crippen LogP contribution >= 0.6 is 23.2 Å². The fraction of sp³-hybridized carbons (Fsp3) is 0.417. The van der Waals surface area contributed by atoms with Crippen molar-refractivity contribution < 1.29 is 4.79 Å². The molecule has 0 radical (unpaired) electrons. The molecule has 0 spiro atoms. The van der Waals surface area contributed by atoms with Gasteiger partial charge in [-0.1, -0.05) is 36.2 Å².